The number of imide groups is 1. The van der Waals surface area contributed by atoms with Crippen molar-refractivity contribution in [1.82, 2.24) is 0 Å². The summed E-state index contributed by atoms with van der Waals surface area (Å²) in [6.07, 6.45) is -0.220. The van der Waals surface area contributed by atoms with Crippen molar-refractivity contribution in [3.63, 3.8) is 0 Å². The van der Waals surface area contributed by atoms with Crippen molar-refractivity contribution in [3.05, 3.63) is 67.9 Å². The average Bonchev–Trinajstić information content (AvgIpc) is 2.86. The third-order valence-corrected chi connectivity index (χ3v) is 5.18. The molecule has 0 spiro atoms. The van der Waals surface area contributed by atoms with Gasteiger partial charge >= 0.3 is 5.97 Å². The number of anilines is 2. The van der Waals surface area contributed by atoms with Gasteiger partial charge in [0.05, 0.1) is 17.4 Å². The molecule has 0 saturated heterocycles. The number of benzene rings is 2. The number of esters is 1. The normalized spacial score (nSPS) is 14.1. The van der Waals surface area contributed by atoms with Gasteiger partial charge in [0.25, 0.3) is 11.8 Å². The number of nitrogens with zero attached hydrogens (tertiary/aromatic N) is 1. The van der Waals surface area contributed by atoms with E-state index in [-0.39, 0.29) is 16.8 Å². The zero-order valence-corrected chi connectivity index (χ0v) is 18.9. The summed E-state index contributed by atoms with van der Waals surface area (Å²) in [5.41, 5.74) is 2.17. The molecule has 0 fully saturated rings. The van der Waals surface area contributed by atoms with Gasteiger partial charge in [0, 0.05) is 9.26 Å². The summed E-state index contributed by atoms with van der Waals surface area (Å²) >= 11 is 8.33. The van der Waals surface area contributed by atoms with Gasteiger partial charge in [0.2, 0.25) is 0 Å². The third-order valence-electron chi connectivity index (χ3n) is 4.16. The predicted octanol–water partition coefficient (Wildman–Crippen LogP) is 4.60. The van der Waals surface area contributed by atoms with Crippen LogP contribution >= 0.6 is 34.2 Å². The second kappa shape index (κ2) is 8.54. The standard InChI is InChI=1S/C21H18ClIN2O4/c1-11(2)29-21(28)13-4-7-15(8-5-13)24-18-17(22)19(26)25(20(18)27)16-9-6-14(23)10-12(16)3/h4-11,24H,1-3H3. The van der Waals surface area contributed by atoms with Gasteiger partial charge in [0.1, 0.15) is 10.7 Å². The van der Waals surface area contributed by atoms with Crippen molar-refractivity contribution in [2.45, 2.75) is 26.9 Å². The van der Waals surface area contributed by atoms with Crippen LogP contribution in [0, 0.1) is 10.5 Å². The maximum atomic E-state index is 12.9. The number of aryl methyl sites for hydroxylation is 1. The zero-order chi connectivity index (χ0) is 21.3. The molecule has 150 valence electrons. The molecule has 2 aromatic carbocycles. The van der Waals surface area contributed by atoms with Crippen LogP contribution in [0.4, 0.5) is 11.4 Å². The number of rotatable bonds is 5. The summed E-state index contributed by atoms with van der Waals surface area (Å²) < 4.78 is 6.14. The maximum Gasteiger partial charge on any atom is 0.338 e. The van der Waals surface area contributed by atoms with E-state index in [1.54, 1.807) is 44.2 Å². The number of amides is 2. The maximum absolute atomic E-state index is 12.9. The molecule has 0 saturated carbocycles. The predicted molar refractivity (Wildman–Crippen MR) is 120 cm³/mol. The molecule has 0 atom stereocenters. The van der Waals surface area contributed by atoms with Crippen molar-refractivity contribution in [2.75, 3.05) is 10.2 Å². The van der Waals surface area contributed by atoms with Crippen LogP contribution in [0.3, 0.4) is 0 Å². The van der Waals surface area contributed by atoms with Crippen LogP contribution in [0.5, 0.6) is 0 Å². The molecule has 8 heteroatoms. The molecule has 0 radical (unpaired) electrons. The molecule has 0 bridgehead atoms. The van der Waals surface area contributed by atoms with Gasteiger partial charge < -0.3 is 10.1 Å². The summed E-state index contributed by atoms with van der Waals surface area (Å²) in [6, 6.07) is 11.8. The Balaban J connectivity index is 1.81. The topological polar surface area (TPSA) is 75.7 Å². The quantitative estimate of drug-likeness (QED) is 0.352. The fraction of sp³-hybridized carbons (Fsp3) is 0.190. The average molecular weight is 525 g/mol. The molecule has 1 aliphatic heterocycles. The van der Waals surface area contributed by atoms with E-state index in [1.807, 2.05) is 19.1 Å². The van der Waals surface area contributed by atoms with E-state index >= 15 is 0 Å². The van der Waals surface area contributed by atoms with E-state index in [1.165, 1.54) is 0 Å². The Bertz CT molecular complexity index is 1030. The van der Waals surface area contributed by atoms with Gasteiger partial charge in [-0.25, -0.2) is 9.69 Å². The highest BCUT2D eigenvalue weighted by Gasteiger charge is 2.39. The van der Waals surface area contributed by atoms with Gasteiger partial charge in [-0.05, 0) is 91.4 Å². The van der Waals surface area contributed by atoms with Crippen molar-refractivity contribution >= 4 is 63.4 Å². The fourth-order valence-electron chi connectivity index (χ4n) is 2.82. The number of carbonyl (C=O) groups is 3. The number of ether oxygens (including phenoxy) is 1. The highest BCUT2D eigenvalue weighted by molar-refractivity contribution is 14.1. The summed E-state index contributed by atoms with van der Waals surface area (Å²) in [5, 5.41) is 2.71. The summed E-state index contributed by atoms with van der Waals surface area (Å²) in [4.78, 5) is 38.5. The number of hydrogen-bond acceptors (Lipinski definition) is 5. The lowest BCUT2D eigenvalue weighted by Gasteiger charge is -2.17. The first-order valence-electron chi connectivity index (χ1n) is 8.82. The van der Waals surface area contributed by atoms with Crippen LogP contribution in [0.1, 0.15) is 29.8 Å². The van der Waals surface area contributed by atoms with Crippen LogP contribution in [0.15, 0.2) is 53.2 Å². The van der Waals surface area contributed by atoms with Crippen LogP contribution < -0.4 is 10.2 Å². The Labute approximate surface area is 187 Å². The summed E-state index contributed by atoms with van der Waals surface area (Å²) in [5.74, 6) is -1.55. The van der Waals surface area contributed by atoms with Crippen LogP contribution in [0.25, 0.3) is 0 Å². The lowest BCUT2D eigenvalue weighted by atomic mass is 10.2. The Kier molecular flexibility index (Phi) is 6.28. The summed E-state index contributed by atoms with van der Waals surface area (Å²) in [7, 11) is 0. The molecule has 2 aromatic rings. The second-order valence-corrected chi connectivity index (χ2v) is 8.35. The smallest absolute Gasteiger partial charge is 0.338 e. The Hall–Kier alpha value is -2.39. The third kappa shape index (κ3) is 4.45. The molecule has 3 rings (SSSR count). The molecular formula is C21H18ClIN2O4. The first kappa shape index (κ1) is 21.3. The SMILES string of the molecule is Cc1cc(I)ccc1N1C(=O)C(Cl)=C(Nc2ccc(C(=O)OC(C)C)cc2)C1=O. The zero-order valence-electron chi connectivity index (χ0n) is 16.0. The fourth-order valence-corrected chi connectivity index (χ4v) is 3.68. The molecule has 0 aliphatic carbocycles. The molecular weight excluding hydrogens is 507 g/mol. The van der Waals surface area contributed by atoms with Crippen molar-refractivity contribution in [3.8, 4) is 0 Å². The molecule has 0 aromatic heterocycles. The molecule has 1 heterocycles. The van der Waals surface area contributed by atoms with Gasteiger partial charge in [-0.3, -0.25) is 9.59 Å². The van der Waals surface area contributed by atoms with E-state index < -0.39 is 17.8 Å². The Morgan fingerprint density at radius 3 is 2.34 bits per heavy atom. The Morgan fingerprint density at radius 2 is 1.76 bits per heavy atom. The van der Waals surface area contributed by atoms with E-state index in [2.05, 4.69) is 27.9 Å². The monoisotopic (exact) mass is 524 g/mol. The van der Waals surface area contributed by atoms with Gasteiger partial charge in [0.15, 0.2) is 0 Å². The Morgan fingerprint density at radius 1 is 1.10 bits per heavy atom. The number of halogens is 2. The minimum atomic E-state index is -0.583. The van der Waals surface area contributed by atoms with E-state index in [0.717, 1.165) is 14.0 Å². The molecule has 1 N–H and O–H groups in total. The van der Waals surface area contributed by atoms with Gasteiger partial charge in [-0.15, -0.1) is 0 Å². The highest BCUT2D eigenvalue weighted by Crippen LogP contribution is 2.32. The second-order valence-electron chi connectivity index (χ2n) is 6.72. The lowest BCUT2D eigenvalue weighted by molar-refractivity contribution is -0.120. The number of carbonyl (C=O) groups excluding carboxylic acids is 3. The summed E-state index contributed by atoms with van der Waals surface area (Å²) in [6.45, 7) is 5.37. The van der Waals surface area contributed by atoms with E-state index in [9.17, 15) is 14.4 Å². The lowest BCUT2D eigenvalue weighted by Crippen LogP contribution is -2.32. The van der Waals surface area contributed by atoms with Gasteiger partial charge in [-0.1, -0.05) is 11.6 Å². The molecule has 29 heavy (non-hydrogen) atoms. The molecule has 0 unspecified atom stereocenters. The molecule has 2 amide bonds. The van der Waals surface area contributed by atoms with Crippen LogP contribution in [-0.2, 0) is 14.3 Å². The first-order valence-corrected chi connectivity index (χ1v) is 10.3. The minimum absolute atomic E-state index is 0.00729. The van der Waals surface area contributed by atoms with Crippen molar-refractivity contribution < 1.29 is 19.1 Å². The largest absolute Gasteiger partial charge is 0.459 e. The van der Waals surface area contributed by atoms with Crippen LogP contribution in [0.2, 0.25) is 0 Å². The van der Waals surface area contributed by atoms with Crippen molar-refractivity contribution in [1.29, 1.82) is 0 Å². The number of hydrogen-bond donors (Lipinski definition) is 1. The van der Waals surface area contributed by atoms with Crippen molar-refractivity contribution in [2.24, 2.45) is 0 Å². The molecule has 1 aliphatic rings. The highest BCUT2D eigenvalue weighted by atomic mass is 127. The van der Waals surface area contributed by atoms with Crippen LogP contribution in [-0.4, -0.2) is 23.9 Å². The van der Waals surface area contributed by atoms with E-state index in [0.29, 0.717) is 16.9 Å². The first-order chi connectivity index (χ1) is 13.7. The molecule has 6 nitrogen and oxygen atoms in total. The number of nitrogens with one attached hydrogen (secondary N) is 1. The van der Waals surface area contributed by atoms with Gasteiger partial charge in [-0.2, -0.15) is 0 Å². The van der Waals surface area contributed by atoms with E-state index in [4.69, 9.17) is 16.3 Å². The minimum Gasteiger partial charge on any atom is -0.459 e.